The Kier molecular flexibility index (Phi) is 4.75. The number of nitrogens with one attached hydrogen (secondary N) is 1. The second kappa shape index (κ2) is 6.87. The largest absolute Gasteiger partial charge is 0.389 e. The molecule has 2 saturated heterocycles. The maximum atomic E-state index is 10.9. The molecular weight excluding hydrogens is 365 g/mol. The number of halogens is 2. The molecule has 2 aliphatic heterocycles. The van der Waals surface area contributed by atoms with E-state index in [2.05, 4.69) is 10.4 Å². The van der Waals surface area contributed by atoms with Gasteiger partial charge in [0.1, 0.15) is 12.1 Å². The predicted octanol–water partition coefficient (Wildman–Crippen LogP) is 2.31. The molecule has 2 fully saturated rings. The lowest BCUT2D eigenvalue weighted by atomic mass is 9.96. The highest BCUT2D eigenvalue weighted by Crippen LogP contribution is 2.35. The van der Waals surface area contributed by atoms with Gasteiger partial charge in [-0.2, -0.15) is 5.10 Å². The van der Waals surface area contributed by atoms with Gasteiger partial charge in [-0.1, -0.05) is 29.3 Å². The summed E-state index contributed by atoms with van der Waals surface area (Å²) >= 11 is 12.0. The van der Waals surface area contributed by atoms with Crippen LogP contribution in [0, 0.1) is 6.92 Å². The Hall–Kier alpha value is -1.15. The number of benzene rings is 1. The Morgan fingerprint density at radius 3 is 2.92 bits per heavy atom. The van der Waals surface area contributed by atoms with Crippen LogP contribution in [0.5, 0.6) is 0 Å². The van der Waals surface area contributed by atoms with E-state index < -0.39 is 18.4 Å². The first-order chi connectivity index (χ1) is 12.0. The quantitative estimate of drug-likeness (QED) is 0.847. The van der Waals surface area contributed by atoms with Gasteiger partial charge in [0.15, 0.2) is 6.29 Å². The van der Waals surface area contributed by atoms with Crippen molar-refractivity contribution in [3.05, 3.63) is 51.8 Å². The van der Waals surface area contributed by atoms with E-state index in [1.807, 2.05) is 25.3 Å². The van der Waals surface area contributed by atoms with Gasteiger partial charge in [0.05, 0.1) is 35.0 Å². The maximum absolute atomic E-state index is 10.9. The number of hydrogen-bond acceptors (Lipinski definition) is 5. The second-order valence-corrected chi connectivity index (χ2v) is 7.32. The maximum Gasteiger partial charge on any atom is 0.183 e. The Bertz CT molecular complexity index is 769. The van der Waals surface area contributed by atoms with Crippen molar-refractivity contribution in [2.75, 3.05) is 6.61 Å². The Morgan fingerprint density at radius 1 is 1.36 bits per heavy atom. The summed E-state index contributed by atoms with van der Waals surface area (Å²) in [5, 5.41) is 19.6. The van der Waals surface area contributed by atoms with Crippen LogP contribution < -0.4 is 5.32 Å². The SMILES string of the molecule is Cc1cnn(C2C3OCC(O3)C(NCc3ccc(Cl)c(Cl)c3)C2O)c1. The number of aliphatic hydroxyl groups excluding tert-OH is 1. The Morgan fingerprint density at radius 2 is 2.20 bits per heavy atom. The molecule has 2 N–H and O–H groups in total. The minimum atomic E-state index is -0.687. The van der Waals surface area contributed by atoms with Gasteiger partial charge in [-0.05, 0) is 30.2 Å². The van der Waals surface area contributed by atoms with E-state index in [-0.39, 0.29) is 12.1 Å². The van der Waals surface area contributed by atoms with Gasteiger partial charge in [0.2, 0.25) is 0 Å². The van der Waals surface area contributed by atoms with Crippen LogP contribution in [-0.2, 0) is 16.0 Å². The van der Waals surface area contributed by atoms with Crippen LogP contribution in [0.2, 0.25) is 10.0 Å². The minimum Gasteiger partial charge on any atom is -0.389 e. The lowest BCUT2D eigenvalue weighted by Gasteiger charge is -2.38. The van der Waals surface area contributed by atoms with Crippen molar-refractivity contribution in [1.82, 2.24) is 15.1 Å². The third kappa shape index (κ3) is 3.30. The average Bonchev–Trinajstić information content (AvgIpc) is 3.19. The number of rotatable bonds is 4. The van der Waals surface area contributed by atoms with E-state index in [9.17, 15) is 5.11 Å². The zero-order chi connectivity index (χ0) is 17.6. The summed E-state index contributed by atoms with van der Waals surface area (Å²) in [6.07, 6.45) is 2.27. The van der Waals surface area contributed by atoms with Crippen LogP contribution in [0.15, 0.2) is 30.6 Å². The number of aliphatic hydroxyl groups is 1. The van der Waals surface area contributed by atoms with Crippen LogP contribution in [0.3, 0.4) is 0 Å². The van der Waals surface area contributed by atoms with E-state index in [1.165, 1.54) is 0 Å². The lowest BCUT2D eigenvalue weighted by molar-refractivity contribution is -0.168. The smallest absolute Gasteiger partial charge is 0.183 e. The molecule has 8 heteroatoms. The standard InChI is InChI=1S/C17H19Cl2N3O3/c1-9-5-21-22(7-9)15-16(23)14(13-8-24-17(15)25-13)20-6-10-2-3-11(18)12(19)4-10/h2-5,7,13-17,20,23H,6,8H2,1H3. The van der Waals surface area contributed by atoms with Gasteiger partial charge in [0.25, 0.3) is 0 Å². The summed E-state index contributed by atoms with van der Waals surface area (Å²) in [6, 6.07) is 4.81. The first-order valence-corrected chi connectivity index (χ1v) is 8.92. The number of ether oxygens (including phenoxy) is 2. The van der Waals surface area contributed by atoms with E-state index >= 15 is 0 Å². The fourth-order valence-corrected chi connectivity index (χ4v) is 3.74. The topological polar surface area (TPSA) is 68.5 Å². The van der Waals surface area contributed by atoms with Crippen molar-refractivity contribution in [2.24, 2.45) is 0 Å². The van der Waals surface area contributed by atoms with Crippen LogP contribution in [0.1, 0.15) is 17.2 Å². The molecule has 134 valence electrons. The number of nitrogens with zero attached hydrogens (tertiary/aromatic N) is 2. The zero-order valence-electron chi connectivity index (χ0n) is 13.6. The van der Waals surface area contributed by atoms with Gasteiger partial charge in [0, 0.05) is 12.7 Å². The van der Waals surface area contributed by atoms with Crippen LogP contribution in [0.4, 0.5) is 0 Å². The number of aromatic nitrogens is 2. The van der Waals surface area contributed by atoms with Crippen molar-refractivity contribution in [3.8, 4) is 0 Å². The van der Waals surface area contributed by atoms with Gasteiger partial charge in [-0.15, -0.1) is 0 Å². The fourth-order valence-electron chi connectivity index (χ4n) is 3.42. The molecule has 2 aliphatic rings. The molecule has 0 spiro atoms. The molecule has 1 aromatic carbocycles. The number of hydrogen-bond donors (Lipinski definition) is 2. The van der Waals surface area contributed by atoms with Crippen molar-refractivity contribution in [3.63, 3.8) is 0 Å². The first-order valence-electron chi connectivity index (χ1n) is 8.16. The Labute approximate surface area is 155 Å². The summed E-state index contributed by atoms with van der Waals surface area (Å²) in [5.41, 5.74) is 2.00. The summed E-state index contributed by atoms with van der Waals surface area (Å²) in [4.78, 5) is 0. The van der Waals surface area contributed by atoms with Crippen LogP contribution >= 0.6 is 23.2 Å². The zero-order valence-corrected chi connectivity index (χ0v) is 15.1. The molecule has 2 aromatic rings. The third-order valence-corrected chi connectivity index (χ3v) is 5.43. The van der Waals surface area contributed by atoms with Crippen LogP contribution in [0.25, 0.3) is 0 Å². The number of aryl methyl sites for hydroxylation is 1. The van der Waals surface area contributed by atoms with Crippen molar-refractivity contribution < 1.29 is 14.6 Å². The molecule has 25 heavy (non-hydrogen) atoms. The normalized spacial score (nSPS) is 31.4. The summed E-state index contributed by atoms with van der Waals surface area (Å²) < 4.78 is 13.4. The molecule has 0 amide bonds. The second-order valence-electron chi connectivity index (χ2n) is 6.51. The van der Waals surface area contributed by atoms with Crippen molar-refractivity contribution >= 4 is 23.2 Å². The van der Waals surface area contributed by atoms with Gasteiger partial charge < -0.3 is 19.9 Å². The van der Waals surface area contributed by atoms with E-state index in [0.29, 0.717) is 23.2 Å². The highest BCUT2D eigenvalue weighted by atomic mass is 35.5. The molecule has 4 rings (SSSR count). The summed E-state index contributed by atoms with van der Waals surface area (Å²) in [5.74, 6) is 0. The molecule has 0 saturated carbocycles. The van der Waals surface area contributed by atoms with E-state index in [4.69, 9.17) is 32.7 Å². The third-order valence-electron chi connectivity index (χ3n) is 4.69. The molecule has 3 heterocycles. The van der Waals surface area contributed by atoms with Gasteiger partial charge in [-0.25, -0.2) is 0 Å². The minimum absolute atomic E-state index is 0.198. The molecule has 5 unspecified atom stereocenters. The van der Waals surface area contributed by atoms with Crippen LogP contribution in [-0.4, -0.2) is 46.0 Å². The van der Waals surface area contributed by atoms with Crippen molar-refractivity contribution in [2.45, 2.75) is 44.1 Å². The predicted molar refractivity (Wildman–Crippen MR) is 93.7 cm³/mol. The first kappa shape index (κ1) is 17.3. The fraction of sp³-hybridized carbons (Fsp3) is 0.471. The Balaban J connectivity index is 1.51. The molecule has 0 radical (unpaired) electrons. The summed E-state index contributed by atoms with van der Waals surface area (Å²) in [7, 11) is 0. The van der Waals surface area contributed by atoms with Gasteiger partial charge >= 0.3 is 0 Å². The van der Waals surface area contributed by atoms with Gasteiger partial charge in [-0.3, -0.25) is 4.68 Å². The van der Waals surface area contributed by atoms with Crippen molar-refractivity contribution in [1.29, 1.82) is 0 Å². The monoisotopic (exact) mass is 383 g/mol. The molecule has 2 bridgehead atoms. The summed E-state index contributed by atoms with van der Waals surface area (Å²) in [6.45, 7) is 2.93. The van der Waals surface area contributed by atoms with E-state index in [0.717, 1.165) is 11.1 Å². The lowest BCUT2D eigenvalue weighted by Crippen LogP contribution is -2.57. The highest BCUT2D eigenvalue weighted by Gasteiger charge is 2.51. The molecular formula is C17H19Cl2N3O3. The molecule has 1 aromatic heterocycles. The highest BCUT2D eigenvalue weighted by molar-refractivity contribution is 6.42. The van der Waals surface area contributed by atoms with E-state index in [1.54, 1.807) is 16.9 Å². The molecule has 5 atom stereocenters. The molecule has 6 nitrogen and oxygen atoms in total. The average molecular weight is 384 g/mol. The molecule has 0 aliphatic carbocycles. The number of fused-ring (bicyclic) bond motifs is 2.